The predicted octanol–water partition coefficient (Wildman–Crippen LogP) is 2.90. The molecule has 2 aromatic rings. The molecule has 0 unspecified atom stereocenters. The first-order valence-electron chi connectivity index (χ1n) is 6.64. The summed E-state index contributed by atoms with van der Waals surface area (Å²) >= 11 is 0. The topological polar surface area (TPSA) is 122 Å². The second-order valence-corrected chi connectivity index (χ2v) is 4.61. The summed E-state index contributed by atoms with van der Waals surface area (Å²) in [6.45, 7) is -0.254. The smallest absolute Gasteiger partial charge is 0.282 e. The number of nitrogens with zero attached hydrogens (tertiary/aromatic N) is 2. The summed E-state index contributed by atoms with van der Waals surface area (Å²) in [5, 5.41) is 21.8. The van der Waals surface area contributed by atoms with Crippen LogP contribution in [0.15, 0.2) is 36.4 Å². The minimum Gasteiger partial charge on any atom is -0.493 e. The lowest BCUT2D eigenvalue weighted by molar-refractivity contribution is -0.394. The van der Waals surface area contributed by atoms with Gasteiger partial charge < -0.3 is 9.47 Å². The van der Waals surface area contributed by atoms with Crippen LogP contribution in [0.1, 0.15) is 15.9 Å². The van der Waals surface area contributed by atoms with Gasteiger partial charge >= 0.3 is 0 Å². The zero-order valence-electron chi connectivity index (χ0n) is 12.5. The van der Waals surface area contributed by atoms with Gasteiger partial charge in [-0.15, -0.1) is 0 Å². The van der Waals surface area contributed by atoms with E-state index in [0.29, 0.717) is 12.0 Å². The van der Waals surface area contributed by atoms with Gasteiger partial charge in [0.1, 0.15) is 6.61 Å². The van der Waals surface area contributed by atoms with Gasteiger partial charge in [-0.05, 0) is 18.2 Å². The molecule has 0 aromatic heterocycles. The van der Waals surface area contributed by atoms with E-state index in [2.05, 4.69) is 0 Å². The van der Waals surface area contributed by atoms with Crippen molar-refractivity contribution in [1.29, 1.82) is 0 Å². The van der Waals surface area contributed by atoms with Crippen molar-refractivity contribution < 1.29 is 24.1 Å². The molecule has 0 radical (unpaired) electrons. The van der Waals surface area contributed by atoms with E-state index in [1.54, 1.807) is 12.1 Å². The van der Waals surface area contributed by atoms with Crippen LogP contribution in [0.3, 0.4) is 0 Å². The molecule has 124 valence electrons. The Balaban J connectivity index is 2.35. The molecule has 2 aromatic carbocycles. The molecule has 9 nitrogen and oxygen atoms in total. The van der Waals surface area contributed by atoms with Gasteiger partial charge in [0.15, 0.2) is 17.8 Å². The summed E-state index contributed by atoms with van der Waals surface area (Å²) in [5.74, 6) is 0.437. The number of carbonyl (C=O) groups excluding carboxylic acids is 1. The zero-order valence-corrected chi connectivity index (χ0v) is 12.5. The number of ether oxygens (including phenoxy) is 2. The number of para-hydroxylation sites is 1. The SMILES string of the molecule is COc1cccc(C=O)c1OCc1ccc([N+](=O)[O-])cc1[N+](=O)[O-]. The standard InChI is InChI=1S/C15H12N2O7/c1-23-14-4-2-3-10(8-18)15(14)24-9-11-5-6-12(16(19)20)7-13(11)17(21)22/h2-8H,9H2,1H3. The van der Waals surface area contributed by atoms with Gasteiger partial charge in [0.25, 0.3) is 11.4 Å². The summed E-state index contributed by atoms with van der Waals surface area (Å²) in [5.41, 5.74) is -0.477. The van der Waals surface area contributed by atoms with E-state index < -0.39 is 21.2 Å². The number of nitro groups is 2. The van der Waals surface area contributed by atoms with Crippen molar-refractivity contribution in [2.45, 2.75) is 6.61 Å². The molecule has 0 N–H and O–H groups in total. The fourth-order valence-corrected chi connectivity index (χ4v) is 2.05. The number of rotatable bonds is 7. The lowest BCUT2D eigenvalue weighted by Crippen LogP contribution is -2.04. The summed E-state index contributed by atoms with van der Waals surface area (Å²) in [4.78, 5) is 31.5. The summed E-state index contributed by atoms with van der Waals surface area (Å²) < 4.78 is 10.6. The van der Waals surface area contributed by atoms with Crippen LogP contribution < -0.4 is 9.47 Å². The molecule has 0 aliphatic heterocycles. The van der Waals surface area contributed by atoms with E-state index in [0.717, 1.165) is 12.1 Å². The van der Waals surface area contributed by atoms with Crippen LogP contribution in [-0.2, 0) is 6.61 Å². The molecule has 24 heavy (non-hydrogen) atoms. The molecular formula is C15H12N2O7. The Kier molecular flexibility index (Phi) is 5.05. The molecule has 0 aliphatic rings. The number of hydrogen-bond acceptors (Lipinski definition) is 7. The maximum atomic E-state index is 11.1. The molecule has 9 heteroatoms. The highest BCUT2D eigenvalue weighted by molar-refractivity contribution is 5.81. The minimum absolute atomic E-state index is 0.133. The Bertz CT molecular complexity index is 804. The van der Waals surface area contributed by atoms with Crippen molar-refractivity contribution in [3.63, 3.8) is 0 Å². The Morgan fingerprint density at radius 2 is 1.88 bits per heavy atom. The van der Waals surface area contributed by atoms with Crippen LogP contribution in [0.2, 0.25) is 0 Å². The zero-order chi connectivity index (χ0) is 17.7. The molecule has 0 saturated heterocycles. The van der Waals surface area contributed by atoms with Crippen LogP contribution >= 0.6 is 0 Å². The first-order chi connectivity index (χ1) is 11.5. The van der Waals surface area contributed by atoms with Crippen molar-refractivity contribution in [1.82, 2.24) is 0 Å². The van der Waals surface area contributed by atoms with Crippen LogP contribution in [0.4, 0.5) is 11.4 Å². The number of benzene rings is 2. The third kappa shape index (κ3) is 3.46. The first-order valence-corrected chi connectivity index (χ1v) is 6.64. The molecule has 0 amide bonds. The molecule has 2 rings (SSSR count). The van der Waals surface area contributed by atoms with Gasteiger partial charge in [0, 0.05) is 6.07 Å². The second kappa shape index (κ2) is 7.18. The van der Waals surface area contributed by atoms with E-state index in [4.69, 9.17) is 9.47 Å². The van der Waals surface area contributed by atoms with Gasteiger partial charge in [0.05, 0.1) is 34.1 Å². The molecule has 0 atom stereocenters. The summed E-state index contributed by atoms with van der Waals surface area (Å²) in [6, 6.07) is 7.94. The Hall–Kier alpha value is -3.49. The fourth-order valence-electron chi connectivity index (χ4n) is 2.05. The van der Waals surface area contributed by atoms with Gasteiger partial charge in [-0.25, -0.2) is 0 Å². The van der Waals surface area contributed by atoms with E-state index in [1.165, 1.54) is 19.2 Å². The molecule has 0 spiro atoms. The Morgan fingerprint density at radius 1 is 1.12 bits per heavy atom. The number of hydrogen-bond donors (Lipinski definition) is 0. The number of non-ortho nitro benzene ring substituents is 1. The predicted molar refractivity (Wildman–Crippen MR) is 82.5 cm³/mol. The number of carbonyl (C=O) groups is 1. The number of methoxy groups -OCH3 is 1. The van der Waals surface area contributed by atoms with Crippen molar-refractivity contribution in [2.75, 3.05) is 7.11 Å². The van der Waals surface area contributed by atoms with Crippen LogP contribution in [0, 0.1) is 20.2 Å². The lowest BCUT2D eigenvalue weighted by atomic mass is 10.1. The van der Waals surface area contributed by atoms with E-state index in [-0.39, 0.29) is 23.5 Å². The highest BCUT2D eigenvalue weighted by Gasteiger charge is 2.20. The van der Waals surface area contributed by atoms with Crippen LogP contribution in [0.25, 0.3) is 0 Å². The van der Waals surface area contributed by atoms with Gasteiger partial charge in [-0.3, -0.25) is 25.0 Å². The van der Waals surface area contributed by atoms with Crippen LogP contribution in [-0.4, -0.2) is 23.2 Å². The van der Waals surface area contributed by atoms with Gasteiger partial charge in [-0.2, -0.15) is 0 Å². The summed E-state index contributed by atoms with van der Waals surface area (Å²) in [6.07, 6.45) is 0.572. The van der Waals surface area contributed by atoms with E-state index in [1.807, 2.05) is 0 Å². The monoisotopic (exact) mass is 332 g/mol. The lowest BCUT2D eigenvalue weighted by Gasteiger charge is -2.12. The average Bonchev–Trinajstić information content (AvgIpc) is 2.59. The number of nitro benzene ring substituents is 2. The molecule has 0 aliphatic carbocycles. The van der Waals surface area contributed by atoms with Crippen molar-refractivity contribution in [3.8, 4) is 11.5 Å². The van der Waals surface area contributed by atoms with E-state index >= 15 is 0 Å². The average molecular weight is 332 g/mol. The van der Waals surface area contributed by atoms with Crippen molar-refractivity contribution in [2.24, 2.45) is 0 Å². The fraction of sp³-hybridized carbons (Fsp3) is 0.133. The highest BCUT2D eigenvalue weighted by Crippen LogP contribution is 2.32. The molecule has 0 bridgehead atoms. The highest BCUT2D eigenvalue weighted by atomic mass is 16.6. The first kappa shape index (κ1) is 16.9. The van der Waals surface area contributed by atoms with E-state index in [9.17, 15) is 25.0 Å². The van der Waals surface area contributed by atoms with Crippen molar-refractivity contribution >= 4 is 17.7 Å². The molecule has 0 fully saturated rings. The number of aldehydes is 1. The summed E-state index contributed by atoms with van der Waals surface area (Å²) in [7, 11) is 1.39. The normalized spacial score (nSPS) is 10.0. The molecule has 0 saturated carbocycles. The maximum Gasteiger partial charge on any atom is 0.282 e. The molecule has 0 heterocycles. The second-order valence-electron chi connectivity index (χ2n) is 4.61. The third-order valence-electron chi connectivity index (χ3n) is 3.20. The molecular weight excluding hydrogens is 320 g/mol. The van der Waals surface area contributed by atoms with Gasteiger partial charge in [-0.1, -0.05) is 6.07 Å². The Labute approximate surface area is 135 Å². The largest absolute Gasteiger partial charge is 0.493 e. The van der Waals surface area contributed by atoms with Gasteiger partial charge in [0.2, 0.25) is 0 Å². The van der Waals surface area contributed by atoms with Crippen LogP contribution in [0.5, 0.6) is 11.5 Å². The minimum atomic E-state index is -0.728. The maximum absolute atomic E-state index is 11.1. The Morgan fingerprint density at radius 3 is 2.46 bits per heavy atom. The van der Waals surface area contributed by atoms with Crippen molar-refractivity contribution in [3.05, 3.63) is 67.8 Å². The quantitative estimate of drug-likeness (QED) is 0.434. The third-order valence-corrected chi connectivity index (χ3v) is 3.20.